The third kappa shape index (κ3) is 8.83. The van der Waals surface area contributed by atoms with Crippen molar-refractivity contribution in [2.75, 3.05) is 46.4 Å². The SMILES string of the molecule is CC(C)C[C@@H](NC(=O)c1cc(Cl)ccc1OCC(=O)NC(C)(C)C)C(=O)N1CCC[C@@H]1C(=O)N1CCN(C)CC1. The van der Waals surface area contributed by atoms with E-state index in [1.807, 2.05) is 46.6 Å². The molecule has 1 aromatic rings. The molecule has 0 unspecified atom stereocenters. The summed E-state index contributed by atoms with van der Waals surface area (Å²) in [5.41, 5.74) is -0.298. The van der Waals surface area contributed by atoms with Crippen LogP contribution in [0.3, 0.4) is 0 Å². The number of rotatable bonds is 9. The molecule has 2 fully saturated rings. The van der Waals surface area contributed by atoms with Crippen molar-refractivity contribution in [3.63, 3.8) is 0 Å². The Morgan fingerprint density at radius 1 is 1.07 bits per heavy atom. The van der Waals surface area contributed by atoms with E-state index in [-0.39, 0.29) is 41.6 Å². The molecule has 2 aliphatic heterocycles. The highest BCUT2D eigenvalue weighted by Gasteiger charge is 2.40. The number of piperazine rings is 1. The minimum absolute atomic E-state index is 0.0207. The van der Waals surface area contributed by atoms with Crippen molar-refractivity contribution in [3.05, 3.63) is 28.8 Å². The van der Waals surface area contributed by atoms with Gasteiger partial charge in [-0.1, -0.05) is 25.4 Å². The fourth-order valence-electron chi connectivity index (χ4n) is 5.06. The van der Waals surface area contributed by atoms with Gasteiger partial charge in [-0.25, -0.2) is 0 Å². The first-order valence-corrected chi connectivity index (χ1v) is 14.4. The average molecular weight is 578 g/mol. The maximum absolute atomic E-state index is 13.8. The van der Waals surface area contributed by atoms with Gasteiger partial charge in [-0.3, -0.25) is 19.2 Å². The Hall–Kier alpha value is -2.85. The standard InChI is InChI=1S/C29H44ClN5O5/c1-19(2)16-22(27(38)35-11-7-8-23(35)28(39)34-14-12-33(6)13-15-34)31-26(37)21-17-20(30)9-10-24(21)40-18-25(36)32-29(3,4)5/h9-10,17,19,22-23H,7-8,11-16,18H2,1-6H3,(H,31,37)(H,32,36)/t22-,23-/m1/s1. The Morgan fingerprint density at radius 3 is 2.38 bits per heavy atom. The summed E-state index contributed by atoms with van der Waals surface area (Å²) in [6.07, 6.45) is 1.75. The average Bonchev–Trinajstić information content (AvgIpc) is 3.35. The van der Waals surface area contributed by atoms with Gasteiger partial charge in [0.2, 0.25) is 11.8 Å². The van der Waals surface area contributed by atoms with Crippen LogP contribution in [0.25, 0.3) is 0 Å². The predicted octanol–water partition coefficient (Wildman–Crippen LogP) is 2.54. The predicted molar refractivity (Wildman–Crippen MR) is 154 cm³/mol. The van der Waals surface area contributed by atoms with Crippen molar-refractivity contribution in [1.82, 2.24) is 25.3 Å². The Bertz CT molecular complexity index is 1080. The molecule has 2 aliphatic rings. The highest BCUT2D eigenvalue weighted by molar-refractivity contribution is 6.31. The summed E-state index contributed by atoms with van der Waals surface area (Å²) >= 11 is 6.20. The quantitative estimate of drug-likeness (QED) is 0.467. The van der Waals surface area contributed by atoms with Gasteiger partial charge in [0.25, 0.3) is 11.8 Å². The van der Waals surface area contributed by atoms with E-state index in [4.69, 9.17) is 16.3 Å². The highest BCUT2D eigenvalue weighted by Crippen LogP contribution is 2.25. The Labute approximate surface area is 242 Å². The van der Waals surface area contributed by atoms with Crippen molar-refractivity contribution in [1.29, 1.82) is 0 Å². The number of ether oxygens (including phenoxy) is 1. The highest BCUT2D eigenvalue weighted by atomic mass is 35.5. The number of likely N-dealkylation sites (tertiary alicyclic amines) is 1. The molecule has 0 aromatic heterocycles. The molecule has 40 heavy (non-hydrogen) atoms. The van der Waals surface area contributed by atoms with E-state index < -0.39 is 23.5 Å². The Kier molecular flexibility index (Phi) is 10.8. The summed E-state index contributed by atoms with van der Waals surface area (Å²) < 4.78 is 5.69. The number of halogens is 1. The summed E-state index contributed by atoms with van der Waals surface area (Å²) in [5.74, 6) is -0.847. The van der Waals surface area contributed by atoms with Crippen molar-refractivity contribution >= 4 is 35.2 Å². The minimum Gasteiger partial charge on any atom is -0.483 e. The van der Waals surface area contributed by atoms with Gasteiger partial charge in [-0.2, -0.15) is 0 Å². The van der Waals surface area contributed by atoms with Gasteiger partial charge >= 0.3 is 0 Å². The number of amides is 4. The van der Waals surface area contributed by atoms with Gasteiger partial charge in [0, 0.05) is 43.3 Å². The maximum atomic E-state index is 13.8. The van der Waals surface area contributed by atoms with Crippen LogP contribution in [0.4, 0.5) is 0 Å². The van der Waals surface area contributed by atoms with Gasteiger partial charge in [0.15, 0.2) is 6.61 Å². The second kappa shape index (κ2) is 13.7. The molecule has 4 amide bonds. The van der Waals surface area contributed by atoms with Gasteiger partial charge < -0.3 is 30.1 Å². The number of benzene rings is 1. The summed E-state index contributed by atoms with van der Waals surface area (Å²) in [4.78, 5) is 58.6. The molecule has 10 nitrogen and oxygen atoms in total. The third-order valence-corrected chi connectivity index (χ3v) is 7.24. The molecule has 2 heterocycles. The second-order valence-corrected chi connectivity index (χ2v) is 12.6. The van der Waals surface area contributed by atoms with E-state index in [2.05, 4.69) is 15.5 Å². The van der Waals surface area contributed by atoms with Crippen LogP contribution in [-0.2, 0) is 14.4 Å². The van der Waals surface area contributed by atoms with Crippen LogP contribution in [0.1, 0.15) is 64.2 Å². The number of likely N-dealkylation sites (N-methyl/N-ethyl adjacent to an activating group) is 1. The molecule has 0 bridgehead atoms. The third-order valence-electron chi connectivity index (χ3n) is 7.01. The summed E-state index contributed by atoms with van der Waals surface area (Å²) in [6.45, 7) is 12.6. The first-order chi connectivity index (χ1) is 18.7. The van der Waals surface area contributed by atoms with E-state index in [1.165, 1.54) is 12.1 Å². The summed E-state index contributed by atoms with van der Waals surface area (Å²) in [6, 6.07) is 3.22. The van der Waals surface area contributed by atoms with Crippen LogP contribution in [0.5, 0.6) is 5.75 Å². The van der Waals surface area contributed by atoms with E-state index in [0.29, 0.717) is 37.5 Å². The van der Waals surface area contributed by atoms with E-state index in [0.717, 1.165) is 19.5 Å². The lowest BCUT2D eigenvalue weighted by Crippen LogP contribution is -2.56. The van der Waals surface area contributed by atoms with E-state index >= 15 is 0 Å². The zero-order valence-electron chi connectivity index (χ0n) is 24.6. The summed E-state index contributed by atoms with van der Waals surface area (Å²) in [5, 5.41) is 6.01. The smallest absolute Gasteiger partial charge is 0.258 e. The molecule has 2 atom stereocenters. The monoisotopic (exact) mass is 577 g/mol. The van der Waals surface area contributed by atoms with Crippen LogP contribution in [-0.4, -0.2) is 102 Å². The molecular formula is C29H44ClN5O5. The number of nitrogens with one attached hydrogen (secondary N) is 2. The molecule has 2 saturated heterocycles. The number of hydrogen-bond acceptors (Lipinski definition) is 6. The first kappa shape index (κ1) is 31.7. The molecule has 0 aliphatic carbocycles. The topological polar surface area (TPSA) is 111 Å². The van der Waals surface area contributed by atoms with E-state index in [1.54, 1.807) is 11.0 Å². The van der Waals surface area contributed by atoms with Crippen LogP contribution in [0, 0.1) is 5.92 Å². The second-order valence-electron chi connectivity index (χ2n) is 12.2. The zero-order valence-corrected chi connectivity index (χ0v) is 25.3. The van der Waals surface area contributed by atoms with Crippen molar-refractivity contribution in [2.45, 2.75) is 71.5 Å². The molecule has 1 aromatic carbocycles. The van der Waals surface area contributed by atoms with Crippen LogP contribution in [0.2, 0.25) is 5.02 Å². The lowest BCUT2D eigenvalue weighted by Gasteiger charge is -2.36. The molecule has 0 radical (unpaired) electrons. The van der Waals surface area contributed by atoms with E-state index in [9.17, 15) is 19.2 Å². The van der Waals surface area contributed by atoms with Crippen molar-refractivity contribution in [2.24, 2.45) is 5.92 Å². The fraction of sp³-hybridized carbons (Fsp3) is 0.655. The summed E-state index contributed by atoms with van der Waals surface area (Å²) in [7, 11) is 2.03. The number of carbonyl (C=O) groups is 4. The van der Waals surface area contributed by atoms with Crippen LogP contribution < -0.4 is 15.4 Å². The molecule has 0 saturated carbocycles. The zero-order chi connectivity index (χ0) is 29.6. The largest absolute Gasteiger partial charge is 0.483 e. The molecule has 0 spiro atoms. The maximum Gasteiger partial charge on any atom is 0.258 e. The number of hydrogen-bond donors (Lipinski definition) is 2. The minimum atomic E-state index is -0.829. The van der Waals surface area contributed by atoms with Crippen molar-refractivity contribution < 1.29 is 23.9 Å². The molecule has 222 valence electrons. The molecule has 3 rings (SSSR count). The Morgan fingerprint density at radius 2 is 1.75 bits per heavy atom. The van der Waals surface area contributed by atoms with Crippen LogP contribution in [0.15, 0.2) is 18.2 Å². The Balaban J connectivity index is 1.75. The fourth-order valence-corrected chi connectivity index (χ4v) is 5.23. The van der Waals surface area contributed by atoms with Gasteiger partial charge in [0.05, 0.1) is 5.56 Å². The molecular weight excluding hydrogens is 534 g/mol. The van der Waals surface area contributed by atoms with Crippen molar-refractivity contribution in [3.8, 4) is 5.75 Å². The van der Waals surface area contributed by atoms with Gasteiger partial charge in [-0.15, -0.1) is 0 Å². The van der Waals surface area contributed by atoms with Crippen LogP contribution >= 0.6 is 11.6 Å². The first-order valence-electron chi connectivity index (χ1n) is 14.1. The lowest BCUT2D eigenvalue weighted by atomic mass is 10.0. The number of carbonyl (C=O) groups excluding carboxylic acids is 4. The molecule has 11 heteroatoms. The number of nitrogens with zero attached hydrogens (tertiary/aromatic N) is 3. The molecule has 2 N–H and O–H groups in total. The lowest BCUT2D eigenvalue weighted by molar-refractivity contribution is -0.145. The van der Waals surface area contributed by atoms with Gasteiger partial charge in [-0.05, 0) is 71.2 Å². The van der Waals surface area contributed by atoms with Gasteiger partial charge in [0.1, 0.15) is 17.8 Å². The normalized spacial score (nSPS) is 18.9.